The van der Waals surface area contributed by atoms with Crippen LogP contribution in [-0.4, -0.2) is 11.4 Å². The predicted molar refractivity (Wildman–Crippen MR) is 133 cm³/mol. The van der Waals surface area contributed by atoms with Crippen molar-refractivity contribution < 1.29 is 4.42 Å². The van der Waals surface area contributed by atoms with Gasteiger partial charge in [-0.15, -0.1) is 0 Å². The lowest BCUT2D eigenvalue weighted by atomic mass is 9.86. The zero-order valence-corrected chi connectivity index (χ0v) is 20.1. The lowest BCUT2D eigenvalue weighted by Crippen LogP contribution is -2.11. The van der Waals surface area contributed by atoms with E-state index in [0.717, 1.165) is 34.3 Å². The number of benzene rings is 2. The Morgan fingerprint density at radius 2 is 0.935 bits per heavy atom. The molecule has 2 aromatic carbocycles. The van der Waals surface area contributed by atoms with E-state index in [1.165, 1.54) is 11.1 Å². The van der Waals surface area contributed by atoms with Gasteiger partial charge in [0.25, 0.3) is 0 Å². The van der Waals surface area contributed by atoms with E-state index in [1.54, 1.807) is 0 Å². The van der Waals surface area contributed by atoms with Crippen LogP contribution in [0, 0.1) is 0 Å². The number of hydrogen-bond donors (Lipinski definition) is 0. The van der Waals surface area contributed by atoms with Crippen molar-refractivity contribution in [3.8, 4) is 0 Å². The van der Waals surface area contributed by atoms with Gasteiger partial charge < -0.3 is 4.42 Å². The van der Waals surface area contributed by atoms with Gasteiger partial charge in [0.2, 0.25) is 0 Å². The lowest BCUT2D eigenvalue weighted by Gasteiger charge is -2.21. The summed E-state index contributed by atoms with van der Waals surface area (Å²) in [5.41, 5.74) is 6.16. The van der Waals surface area contributed by atoms with Gasteiger partial charge in [0.05, 0.1) is 22.8 Å². The summed E-state index contributed by atoms with van der Waals surface area (Å²) >= 11 is 0. The topological polar surface area (TPSA) is 37.9 Å². The zero-order valence-electron chi connectivity index (χ0n) is 20.1. The summed E-state index contributed by atoms with van der Waals surface area (Å²) in [7, 11) is 0. The number of rotatable bonds is 4. The van der Waals surface area contributed by atoms with Crippen LogP contribution < -0.4 is 0 Å². The van der Waals surface area contributed by atoms with Crippen molar-refractivity contribution in [2.45, 2.75) is 66.2 Å². The van der Waals surface area contributed by atoms with E-state index in [9.17, 15) is 0 Å². The smallest absolute Gasteiger partial charge is 0.148 e. The third-order valence-electron chi connectivity index (χ3n) is 5.32. The molecule has 0 bridgehead atoms. The molecule has 3 rings (SSSR count). The summed E-state index contributed by atoms with van der Waals surface area (Å²) in [6.45, 7) is 17.2. The van der Waals surface area contributed by atoms with Gasteiger partial charge in [0.15, 0.2) is 0 Å². The quantitative estimate of drug-likeness (QED) is 0.397. The Hall–Kier alpha value is -2.94. The van der Waals surface area contributed by atoms with Crippen LogP contribution in [-0.2, 0) is 10.8 Å². The van der Waals surface area contributed by atoms with Gasteiger partial charge in [-0.05, 0) is 60.1 Å². The van der Waals surface area contributed by atoms with Crippen molar-refractivity contribution in [1.82, 2.24) is 0 Å². The molecule has 0 N–H and O–H groups in total. The molecule has 0 atom stereocenters. The van der Waals surface area contributed by atoms with Crippen LogP contribution in [0.25, 0.3) is 0 Å². The maximum absolute atomic E-state index is 6.14. The van der Waals surface area contributed by atoms with Gasteiger partial charge in [-0.3, -0.25) is 0 Å². The highest BCUT2D eigenvalue weighted by Crippen LogP contribution is 2.33. The third-order valence-corrected chi connectivity index (χ3v) is 5.32. The van der Waals surface area contributed by atoms with E-state index in [0.29, 0.717) is 0 Å². The van der Waals surface area contributed by atoms with Crippen molar-refractivity contribution in [2.24, 2.45) is 9.98 Å². The SMILES string of the molecule is CC(=Nc1ccccc1C(C)(C)C)c1ccc(C(C)=Nc2ccccc2C(C)(C)C)o1. The van der Waals surface area contributed by atoms with Crippen molar-refractivity contribution in [1.29, 1.82) is 0 Å². The molecule has 0 aliphatic carbocycles. The molecule has 0 spiro atoms. The van der Waals surface area contributed by atoms with Gasteiger partial charge in [0, 0.05) is 0 Å². The average molecular weight is 415 g/mol. The lowest BCUT2D eigenvalue weighted by molar-refractivity contribution is 0.547. The molecule has 3 nitrogen and oxygen atoms in total. The van der Waals surface area contributed by atoms with E-state index in [2.05, 4.69) is 77.9 Å². The molecule has 0 amide bonds. The largest absolute Gasteiger partial charge is 0.454 e. The molecule has 31 heavy (non-hydrogen) atoms. The Labute approximate surface area is 187 Å². The van der Waals surface area contributed by atoms with Gasteiger partial charge in [-0.2, -0.15) is 0 Å². The first-order valence-electron chi connectivity index (χ1n) is 10.9. The number of hydrogen-bond acceptors (Lipinski definition) is 3. The maximum atomic E-state index is 6.14. The first-order valence-corrected chi connectivity index (χ1v) is 10.9. The van der Waals surface area contributed by atoms with E-state index in [4.69, 9.17) is 14.4 Å². The Morgan fingerprint density at radius 1 is 0.581 bits per heavy atom. The van der Waals surface area contributed by atoms with E-state index in [1.807, 2.05) is 38.1 Å². The summed E-state index contributed by atoms with van der Waals surface area (Å²) in [6.07, 6.45) is 0. The second-order valence-corrected chi connectivity index (χ2v) is 10.1. The highest BCUT2D eigenvalue weighted by Gasteiger charge is 2.19. The summed E-state index contributed by atoms with van der Waals surface area (Å²) in [5, 5.41) is 0. The van der Waals surface area contributed by atoms with Gasteiger partial charge in [-0.25, -0.2) is 9.98 Å². The zero-order chi connectivity index (χ0) is 22.8. The Morgan fingerprint density at radius 3 is 1.29 bits per heavy atom. The molecule has 0 radical (unpaired) electrons. The minimum Gasteiger partial charge on any atom is -0.454 e. The van der Waals surface area contributed by atoms with Crippen molar-refractivity contribution in [3.63, 3.8) is 0 Å². The molecule has 1 aromatic heterocycles. The molecule has 162 valence electrons. The maximum Gasteiger partial charge on any atom is 0.148 e. The molecule has 0 aliphatic heterocycles. The Bertz CT molecular complexity index is 1030. The summed E-state index contributed by atoms with van der Waals surface area (Å²) in [6, 6.07) is 20.5. The standard InChI is InChI=1S/C28H34N2O/c1-19(29-23-15-11-9-13-21(23)27(3,4)5)25-17-18-26(31-25)20(2)30-24-16-12-10-14-22(24)28(6,7)8/h9-18H,1-8H3. The van der Waals surface area contributed by atoms with Crippen LogP contribution in [0.3, 0.4) is 0 Å². The van der Waals surface area contributed by atoms with E-state index >= 15 is 0 Å². The van der Waals surface area contributed by atoms with Crippen molar-refractivity contribution >= 4 is 22.8 Å². The third kappa shape index (κ3) is 5.41. The monoisotopic (exact) mass is 414 g/mol. The second-order valence-electron chi connectivity index (χ2n) is 10.1. The predicted octanol–water partition coefficient (Wildman–Crippen LogP) is 8.16. The minimum absolute atomic E-state index is 0.0262. The highest BCUT2D eigenvalue weighted by molar-refractivity contribution is 6.02. The molecule has 3 aromatic rings. The van der Waals surface area contributed by atoms with Gasteiger partial charge >= 0.3 is 0 Å². The first kappa shape index (κ1) is 22.7. The van der Waals surface area contributed by atoms with Crippen molar-refractivity contribution in [3.05, 3.63) is 83.3 Å². The van der Waals surface area contributed by atoms with E-state index < -0.39 is 0 Å². The van der Waals surface area contributed by atoms with Crippen LogP contribution in [0.4, 0.5) is 11.4 Å². The van der Waals surface area contributed by atoms with Crippen LogP contribution in [0.2, 0.25) is 0 Å². The number of nitrogens with zero attached hydrogens (tertiary/aromatic N) is 2. The molecule has 0 fully saturated rings. The molecule has 0 saturated carbocycles. The van der Waals surface area contributed by atoms with Gasteiger partial charge in [0.1, 0.15) is 11.5 Å². The summed E-state index contributed by atoms with van der Waals surface area (Å²) < 4.78 is 6.14. The number of furan rings is 1. The molecule has 0 unspecified atom stereocenters. The van der Waals surface area contributed by atoms with Crippen LogP contribution in [0.5, 0.6) is 0 Å². The minimum atomic E-state index is 0.0262. The number of para-hydroxylation sites is 2. The van der Waals surface area contributed by atoms with Crippen LogP contribution in [0.15, 0.2) is 75.1 Å². The van der Waals surface area contributed by atoms with E-state index in [-0.39, 0.29) is 10.8 Å². The Balaban J connectivity index is 1.93. The molecular weight excluding hydrogens is 380 g/mol. The first-order chi connectivity index (χ1) is 14.5. The van der Waals surface area contributed by atoms with Crippen molar-refractivity contribution in [2.75, 3.05) is 0 Å². The highest BCUT2D eigenvalue weighted by atomic mass is 16.3. The molecule has 3 heteroatoms. The number of aliphatic imine (C=N–C) groups is 2. The summed E-state index contributed by atoms with van der Waals surface area (Å²) in [5.74, 6) is 1.52. The fourth-order valence-electron chi connectivity index (χ4n) is 3.61. The van der Waals surface area contributed by atoms with Gasteiger partial charge in [-0.1, -0.05) is 77.9 Å². The average Bonchev–Trinajstić information content (AvgIpc) is 3.18. The molecule has 0 saturated heterocycles. The second kappa shape index (κ2) is 8.66. The van der Waals surface area contributed by atoms with Crippen LogP contribution >= 0.6 is 0 Å². The Kier molecular flexibility index (Phi) is 6.35. The molecule has 1 heterocycles. The normalized spacial score (nSPS) is 13.5. The molecule has 0 aliphatic rings. The fourth-order valence-corrected chi connectivity index (χ4v) is 3.61. The van der Waals surface area contributed by atoms with Crippen LogP contribution in [0.1, 0.15) is 78.0 Å². The summed E-state index contributed by atoms with van der Waals surface area (Å²) in [4.78, 5) is 9.76. The molecular formula is C28H34N2O. The fraction of sp³-hybridized carbons (Fsp3) is 0.357.